The number of carbonyl (C=O) groups is 2. The molecule has 0 heterocycles. The Bertz CT molecular complexity index is 521. The van der Waals surface area contributed by atoms with Gasteiger partial charge in [0.1, 0.15) is 5.54 Å². The molecule has 1 rings (SSSR count). The van der Waals surface area contributed by atoms with Crippen LogP contribution in [0, 0.1) is 6.92 Å². The van der Waals surface area contributed by atoms with Gasteiger partial charge in [-0.15, -0.1) is 0 Å². The average molecular weight is 408 g/mol. The van der Waals surface area contributed by atoms with Crippen molar-refractivity contribution in [2.45, 2.75) is 26.3 Å². The zero-order chi connectivity index (χ0) is 15.5. The van der Waals surface area contributed by atoms with Crippen LogP contribution >= 0.6 is 31.9 Å². The highest BCUT2D eigenvalue weighted by Gasteiger charge is 2.27. The highest BCUT2D eigenvalue weighted by atomic mass is 79.9. The molecule has 0 atom stereocenters. The van der Waals surface area contributed by atoms with Gasteiger partial charge in [0, 0.05) is 8.95 Å². The topological polar surface area (TPSA) is 78.4 Å². The van der Waals surface area contributed by atoms with E-state index in [1.807, 2.05) is 19.1 Å². The average Bonchev–Trinajstić information content (AvgIpc) is 2.31. The van der Waals surface area contributed by atoms with Crippen molar-refractivity contribution in [1.29, 1.82) is 0 Å². The summed E-state index contributed by atoms with van der Waals surface area (Å²) in [7, 11) is 0. The molecule has 0 saturated heterocycles. The SMILES string of the molecule is Cc1cc(Br)c(NC(=O)CNC(C)(C)C(=O)O)c(Br)c1. The molecule has 0 aliphatic rings. The molecule has 0 radical (unpaired) electrons. The van der Waals surface area contributed by atoms with E-state index in [0.29, 0.717) is 5.69 Å². The number of aliphatic carboxylic acids is 1. The van der Waals surface area contributed by atoms with Gasteiger partial charge in [0.2, 0.25) is 5.91 Å². The van der Waals surface area contributed by atoms with Crippen molar-refractivity contribution in [3.8, 4) is 0 Å². The number of anilines is 1. The summed E-state index contributed by atoms with van der Waals surface area (Å²) in [5.41, 5.74) is 0.515. The summed E-state index contributed by atoms with van der Waals surface area (Å²) in [5.74, 6) is -1.33. The number of hydrogen-bond donors (Lipinski definition) is 3. The summed E-state index contributed by atoms with van der Waals surface area (Å²) >= 11 is 6.76. The van der Waals surface area contributed by atoms with Crippen molar-refractivity contribution in [2.24, 2.45) is 0 Å². The fourth-order valence-electron chi connectivity index (χ4n) is 1.38. The largest absolute Gasteiger partial charge is 0.480 e. The van der Waals surface area contributed by atoms with Crippen LogP contribution in [0.3, 0.4) is 0 Å². The number of carbonyl (C=O) groups excluding carboxylic acids is 1. The second-order valence-electron chi connectivity index (χ2n) is 4.94. The second kappa shape index (κ2) is 6.69. The quantitative estimate of drug-likeness (QED) is 0.701. The van der Waals surface area contributed by atoms with Gasteiger partial charge in [-0.2, -0.15) is 0 Å². The number of carboxylic acid groups (broad SMARTS) is 1. The molecule has 110 valence electrons. The summed E-state index contributed by atoms with van der Waals surface area (Å²) in [6, 6.07) is 3.77. The van der Waals surface area contributed by atoms with Crippen LogP contribution in [0.4, 0.5) is 5.69 Å². The van der Waals surface area contributed by atoms with E-state index in [4.69, 9.17) is 5.11 Å². The predicted molar refractivity (Wildman–Crippen MR) is 84.9 cm³/mol. The molecule has 0 aliphatic carbocycles. The third-order valence-corrected chi connectivity index (χ3v) is 3.93. The van der Waals surface area contributed by atoms with Crippen LogP contribution < -0.4 is 10.6 Å². The number of rotatable bonds is 5. The summed E-state index contributed by atoms with van der Waals surface area (Å²) in [6.45, 7) is 4.85. The molecule has 0 spiro atoms. The van der Waals surface area contributed by atoms with E-state index in [1.54, 1.807) is 0 Å². The zero-order valence-corrected chi connectivity index (χ0v) is 14.6. The molecule has 7 heteroatoms. The van der Waals surface area contributed by atoms with Gasteiger partial charge < -0.3 is 10.4 Å². The maximum absolute atomic E-state index is 11.9. The molecule has 5 nitrogen and oxygen atoms in total. The normalized spacial score (nSPS) is 11.2. The van der Waals surface area contributed by atoms with Gasteiger partial charge in [-0.1, -0.05) is 0 Å². The van der Waals surface area contributed by atoms with Crippen LogP contribution in [-0.4, -0.2) is 29.1 Å². The van der Waals surface area contributed by atoms with Crippen LogP contribution in [0.5, 0.6) is 0 Å². The summed E-state index contributed by atoms with van der Waals surface area (Å²) in [6.07, 6.45) is 0. The molecule has 0 aliphatic heterocycles. The Morgan fingerprint density at radius 1 is 1.25 bits per heavy atom. The van der Waals surface area contributed by atoms with E-state index in [9.17, 15) is 9.59 Å². The Labute approximate surface area is 134 Å². The second-order valence-corrected chi connectivity index (χ2v) is 6.64. The number of aryl methyl sites for hydroxylation is 1. The van der Waals surface area contributed by atoms with Crippen molar-refractivity contribution in [3.05, 3.63) is 26.6 Å². The Balaban J connectivity index is 2.71. The smallest absolute Gasteiger partial charge is 0.323 e. The molecule has 1 aromatic carbocycles. The summed E-state index contributed by atoms with van der Waals surface area (Å²) in [5, 5.41) is 14.4. The number of hydrogen-bond acceptors (Lipinski definition) is 3. The van der Waals surface area contributed by atoms with E-state index in [2.05, 4.69) is 42.5 Å². The first-order valence-electron chi connectivity index (χ1n) is 5.87. The minimum absolute atomic E-state index is 0.0912. The number of halogens is 2. The molecule has 0 aromatic heterocycles. The molecule has 0 unspecified atom stereocenters. The van der Waals surface area contributed by atoms with Crippen LogP contribution in [0.25, 0.3) is 0 Å². The Morgan fingerprint density at radius 3 is 2.20 bits per heavy atom. The van der Waals surface area contributed by atoms with Gasteiger partial charge in [-0.3, -0.25) is 14.9 Å². The van der Waals surface area contributed by atoms with Crippen LogP contribution in [0.15, 0.2) is 21.1 Å². The Morgan fingerprint density at radius 2 is 1.75 bits per heavy atom. The molecule has 0 bridgehead atoms. The predicted octanol–water partition coefficient (Wildman–Crippen LogP) is 2.91. The first-order valence-corrected chi connectivity index (χ1v) is 7.46. The lowest BCUT2D eigenvalue weighted by atomic mass is 10.1. The monoisotopic (exact) mass is 406 g/mol. The third-order valence-electron chi connectivity index (χ3n) is 2.68. The van der Waals surface area contributed by atoms with E-state index in [1.165, 1.54) is 13.8 Å². The number of amides is 1. The van der Waals surface area contributed by atoms with Crippen LogP contribution in [0.2, 0.25) is 0 Å². The highest BCUT2D eigenvalue weighted by Crippen LogP contribution is 2.32. The Kier molecular flexibility index (Phi) is 5.73. The minimum Gasteiger partial charge on any atom is -0.480 e. The van der Waals surface area contributed by atoms with Crippen molar-refractivity contribution < 1.29 is 14.7 Å². The number of benzene rings is 1. The van der Waals surface area contributed by atoms with Gasteiger partial charge in [0.05, 0.1) is 12.2 Å². The summed E-state index contributed by atoms with van der Waals surface area (Å²) in [4.78, 5) is 22.8. The third kappa shape index (κ3) is 4.57. The summed E-state index contributed by atoms with van der Waals surface area (Å²) < 4.78 is 1.52. The minimum atomic E-state index is -1.15. The first-order chi connectivity index (χ1) is 9.13. The molecule has 0 fully saturated rings. The maximum Gasteiger partial charge on any atom is 0.323 e. The number of carboxylic acids is 1. The van der Waals surface area contributed by atoms with Crippen molar-refractivity contribution >= 4 is 49.4 Å². The standard InChI is InChI=1S/C13H16Br2N2O3/c1-7-4-8(14)11(9(15)5-7)17-10(18)6-16-13(2,3)12(19)20/h4-5,16H,6H2,1-3H3,(H,17,18)(H,19,20). The van der Waals surface area contributed by atoms with Gasteiger partial charge in [-0.05, 0) is 70.3 Å². The van der Waals surface area contributed by atoms with Gasteiger partial charge in [0.15, 0.2) is 0 Å². The highest BCUT2D eigenvalue weighted by molar-refractivity contribution is 9.11. The lowest BCUT2D eigenvalue weighted by Crippen LogP contribution is -2.49. The van der Waals surface area contributed by atoms with Gasteiger partial charge >= 0.3 is 5.97 Å². The van der Waals surface area contributed by atoms with Crippen molar-refractivity contribution in [3.63, 3.8) is 0 Å². The molecule has 3 N–H and O–H groups in total. The molecular weight excluding hydrogens is 392 g/mol. The van der Waals surface area contributed by atoms with Crippen molar-refractivity contribution in [2.75, 3.05) is 11.9 Å². The fourth-order valence-corrected chi connectivity index (χ4v) is 2.99. The van der Waals surface area contributed by atoms with E-state index >= 15 is 0 Å². The molecule has 0 saturated carbocycles. The molecule has 1 amide bonds. The lowest BCUT2D eigenvalue weighted by Gasteiger charge is -2.20. The van der Waals surface area contributed by atoms with Gasteiger partial charge in [0.25, 0.3) is 0 Å². The molecule has 20 heavy (non-hydrogen) atoms. The van der Waals surface area contributed by atoms with E-state index < -0.39 is 11.5 Å². The van der Waals surface area contributed by atoms with Crippen LogP contribution in [0.1, 0.15) is 19.4 Å². The zero-order valence-electron chi connectivity index (χ0n) is 11.4. The Hall–Kier alpha value is -0.920. The van der Waals surface area contributed by atoms with Gasteiger partial charge in [-0.25, -0.2) is 0 Å². The van der Waals surface area contributed by atoms with E-state index in [-0.39, 0.29) is 12.5 Å². The maximum atomic E-state index is 11.9. The lowest BCUT2D eigenvalue weighted by molar-refractivity contribution is -0.143. The van der Waals surface area contributed by atoms with Crippen molar-refractivity contribution in [1.82, 2.24) is 5.32 Å². The van der Waals surface area contributed by atoms with E-state index in [0.717, 1.165) is 14.5 Å². The molecular formula is C13H16Br2N2O3. The number of nitrogens with one attached hydrogen (secondary N) is 2. The van der Waals surface area contributed by atoms with Crippen LogP contribution in [-0.2, 0) is 9.59 Å². The first kappa shape index (κ1) is 17.1. The molecule has 1 aromatic rings. The fraction of sp³-hybridized carbons (Fsp3) is 0.385.